The molecule has 138 valence electrons. The highest BCUT2D eigenvalue weighted by Gasteiger charge is 2.42. The summed E-state index contributed by atoms with van der Waals surface area (Å²) in [4.78, 5) is 27.6. The maximum absolute atomic E-state index is 13.0. The summed E-state index contributed by atoms with van der Waals surface area (Å²) in [5.74, 6) is -2.28. The second kappa shape index (κ2) is 7.55. The highest BCUT2D eigenvalue weighted by molar-refractivity contribution is 5.96. The molecule has 0 spiro atoms. The number of hydrogen-bond acceptors (Lipinski definition) is 3. The topological polar surface area (TPSA) is 85.1 Å². The van der Waals surface area contributed by atoms with Crippen LogP contribution in [0.3, 0.4) is 0 Å². The number of nitrogens with one attached hydrogen (secondary N) is 1. The molecule has 2 rings (SSSR count). The minimum Gasteiger partial charge on any atom is -0.366 e. The van der Waals surface area contributed by atoms with E-state index < -0.39 is 30.0 Å². The largest absolute Gasteiger partial charge is 0.408 e. The lowest BCUT2D eigenvalue weighted by atomic mass is 10.0. The first-order valence-corrected chi connectivity index (χ1v) is 7.83. The second-order valence-corrected chi connectivity index (χ2v) is 6.11. The Morgan fingerprint density at radius 2 is 1.81 bits per heavy atom. The van der Waals surface area contributed by atoms with Gasteiger partial charge in [0.1, 0.15) is 6.04 Å². The quantitative estimate of drug-likeness (QED) is 0.853. The maximum Gasteiger partial charge on any atom is 0.408 e. The number of benzene rings is 1. The van der Waals surface area contributed by atoms with Gasteiger partial charge in [0.15, 0.2) is 0 Å². The van der Waals surface area contributed by atoms with Crippen LogP contribution in [0.15, 0.2) is 42.6 Å². The molecule has 1 aromatic heterocycles. The zero-order valence-electron chi connectivity index (χ0n) is 14.2. The van der Waals surface area contributed by atoms with Gasteiger partial charge < -0.3 is 11.1 Å². The van der Waals surface area contributed by atoms with Crippen molar-refractivity contribution in [3.05, 3.63) is 53.7 Å². The number of aromatic nitrogens is 1. The molecular weight excluding hydrogens is 347 g/mol. The van der Waals surface area contributed by atoms with Crippen LogP contribution in [0.25, 0.3) is 11.3 Å². The number of rotatable bonds is 5. The third kappa shape index (κ3) is 4.59. The standard InChI is InChI=1S/C18H18F3N3O2/c1-10(2)15(18(19,20)21)24-17(26)13-5-3-4-11(8-13)14-9-12(16(22)25)6-7-23-14/h3-10,15H,1-2H3,(H2,22,25)(H,24,26)/t15-/m1/s1. The lowest BCUT2D eigenvalue weighted by molar-refractivity contribution is -0.162. The SMILES string of the molecule is CC(C)[C@@H](NC(=O)c1cccc(-c2cc(C(N)=O)ccn2)c1)C(F)(F)F. The van der Waals surface area contributed by atoms with Gasteiger partial charge in [0.2, 0.25) is 5.91 Å². The first-order valence-electron chi connectivity index (χ1n) is 7.83. The Hall–Kier alpha value is -2.90. The predicted molar refractivity (Wildman–Crippen MR) is 90.3 cm³/mol. The van der Waals surface area contributed by atoms with Crippen LogP contribution in [-0.4, -0.2) is 29.0 Å². The Morgan fingerprint density at radius 3 is 2.38 bits per heavy atom. The van der Waals surface area contributed by atoms with Gasteiger partial charge in [-0.2, -0.15) is 13.2 Å². The molecule has 2 aromatic rings. The number of carbonyl (C=O) groups excluding carboxylic acids is 2. The average molecular weight is 365 g/mol. The van der Waals surface area contributed by atoms with E-state index in [1.165, 1.54) is 50.4 Å². The summed E-state index contributed by atoms with van der Waals surface area (Å²) < 4.78 is 39.1. The average Bonchev–Trinajstić information content (AvgIpc) is 2.58. The van der Waals surface area contributed by atoms with E-state index in [-0.39, 0.29) is 11.1 Å². The molecule has 5 nitrogen and oxygen atoms in total. The zero-order chi connectivity index (χ0) is 19.5. The number of nitrogens with two attached hydrogens (primary N) is 1. The Labute approximate surface area is 148 Å². The Kier molecular flexibility index (Phi) is 5.64. The number of hydrogen-bond donors (Lipinski definition) is 2. The predicted octanol–water partition coefficient (Wildman–Crippen LogP) is 3.16. The Bertz CT molecular complexity index is 819. The van der Waals surface area contributed by atoms with Gasteiger partial charge in [0.25, 0.3) is 5.91 Å². The van der Waals surface area contributed by atoms with E-state index >= 15 is 0 Å². The first kappa shape index (κ1) is 19.4. The molecule has 1 aromatic carbocycles. The summed E-state index contributed by atoms with van der Waals surface area (Å²) in [6.45, 7) is 2.77. The fourth-order valence-electron chi connectivity index (χ4n) is 2.41. The molecule has 1 heterocycles. The fourth-order valence-corrected chi connectivity index (χ4v) is 2.41. The molecule has 0 saturated carbocycles. The number of primary amides is 1. The van der Waals surface area contributed by atoms with E-state index in [1.54, 1.807) is 6.07 Å². The molecule has 8 heteroatoms. The highest BCUT2D eigenvalue weighted by atomic mass is 19.4. The van der Waals surface area contributed by atoms with E-state index in [2.05, 4.69) is 4.98 Å². The van der Waals surface area contributed by atoms with Gasteiger partial charge in [0, 0.05) is 22.9 Å². The molecule has 0 bridgehead atoms. The summed E-state index contributed by atoms with van der Waals surface area (Å²) in [7, 11) is 0. The van der Waals surface area contributed by atoms with Crippen LogP contribution in [-0.2, 0) is 0 Å². The van der Waals surface area contributed by atoms with Crippen molar-refractivity contribution in [3.8, 4) is 11.3 Å². The van der Waals surface area contributed by atoms with Crippen LogP contribution in [0.1, 0.15) is 34.6 Å². The van der Waals surface area contributed by atoms with E-state index in [9.17, 15) is 22.8 Å². The van der Waals surface area contributed by atoms with Crippen LogP contribution in [0, 0.1) is 5.92 Å². The number of pyridine rings is 1. The van der Waals surface area contributed by atoms with Gasteiger partial charge in [-0.05, 0) is 30.2 Å². The maximum atomic E-state index is 13.0. The Morgan fingerprint density at radius 1 is 1.12 bits per heavy atom. The van der Waals surface area contributed by atoms with Gasteiger partial charge in [0.05, 0.1) is 5.69 Å². The smallest absolute Gasteiger partial charge is 0.366 e. The molecular formula is C18H18F3N3O2. The molecule has 26 heavy (non-hydrogen) atoms. The minimum atomic E-state index is -4.54. The molecule has 0 fully saturated rings. The van der Waals surface area contributed by atoms with Gasteiger partial charge >= 0.3 is 6.18 Å². The molecule has 0 unspecified atom stereocenters. The van der Waals surface area contributed by atoms with Crippen LogP contribution in [0.2, 0.25) is 0 Å². The molecule has 0 saturated heterocycles. The molecule has 3 N–H and O–H groups in total. The van der Waals surface area contributed by atoms with Gasteiger partial charge in [-0.3, -0.25) is 14.6 Å². The van der Waals surface area contributed by atoms with Crippen molar-refractivity contribution in [3.63, 3.8) is 0 Å². The number of amides is 2. The molecule has 0 aliphatic rings. The summed E-state index contributed by atoms with van der Waals surface area (Å²) in [6.07, 6.45) is -3.15. The van der Waals surface area contributed by atoms with Gasteiger partial charge in [-0.25, -0.2) is 0 Å². The lowest BCUT2D eigenvalue weighted by Gasteiger charge is -2.25. The van der Waals surface area contributed by atoms with E-state index in [0.29, 0.717) is 11.3 Å². The van der Waals surface area contributed by atoms with Crippen molar-refractivity contribution < 1.29 is 22.8 Å². The Balaban J connectivity index is 2.30. The molecule has 0 aliphatic heterocycles. The van der Waals surface area contributed by atoms with E-state index in [1.807, 2.05) is 5.32 Å². The molecule has 0 aliphatic carbocycles. The summed E-state index contributed by atoms with van der Waals surface area (Å²) in [5, 5.41) is 2.02. The van der Waals surface area contributed by atoms with Gasteiger partial charge in [-0.1, -0.05) is 26.0 Å². The van der Waals surface area contributed by atoms with Crippen molar-refractivity contribution in [2.45, 2.75) is 26.1 Å². The normalized spacial score (nSPS) is 12.7. The summed E-state index contributed by atoms with van der Waals surface area (Å²) in [6, 6.07) is 6.93. The number of alkyl halides is 3. The van der Waals surface area contributed by atoms with E-state index in [0.717, 1.165) is 0 Å². The lowest BCUT2D eigenvalue weighted by Crippen LogP contribution is -2.48. The third-order valence-electron chi connectivity index (χ3n) is 3.77. The number of nitrogens with zero attached hydrogens (tertiary/aromatic N) is 1. The first-order chi connectivity index (χ1) is 12.1. The van der Waals surface area contributed by atoms with E-state index in [4.69, 9.17) is 5.73 Å². The number of halogens is 3. The van der Waals surface area contributed by atoms with Crippen LogP contribution < -0.4 is 11.1 Å². The van der Waals surface area contributed by atoms with Crippen LogP contribution in [0.4, 0.5) is 13.2 Å². The fraction of sp³-hybridized carbons (Fsp3) is 0.278. The molecule has 1 atom stereocenters. The minimum absolute atomic E-state index is 0.0590. The second-order valence-electron chi connectivity index (χ2n) is 6.11. The zero-order valence-corrected chi connectivity index (χ0v) is 14.2. The van der Waals surface area contributed by atoms with Crippen molar-refractivity contribution in [1.82, 2.24) is 10.3 Å². The van der Waals surface area contributed by atoms with Crippen molar-refractivity contribution in [2.24, 2.45) is 11.7 Å². The number of carbonyl (C=O) groups is 2. The third-order valence-corrected chi connectivity index (χ3v) is 3.77. The molecule has 0 radical (unpaired) electrons. The summed E-state index contributed by atoms with van der Waals surface area (Å²) >= 11 is 0. The van der Waals surface area contributed by atoms with Gasteiger partial charge in [-0.15, -0.1) is 0 Å². The van der Waals surface area contributed by atoms with Crippen LogP contribution >= 0.6 is 0 Å². The van der Waals surface area contributed by atoms with Crippen molar-refractivity contribution in [2.75, 3.05) is 0 Å². The van der Waals surface area contributed by atoms with Crippen molar-refractivity contribution >= 4 is 11.8 Å². The molecule has 2 amide bonds. The van der Waals surface area contributed by atoms with Crippen LogP contribution in [0.5, 0.6) is 0 Å². The van der Waals surface area contributed by atoms with Crippen molar-refractivity contribution in [1.29, 1.82) is 0 Å². The monoisotopic (exact) mass is 365 g/mol. The highest BCUT2D eigenvalue weighted by Crippen LogP contribution is 2.26. The summed E-state index contributed by atoms with van der Waals surface area (Å²) in [5.41, 5.74) is 6.38.